The Hall–Kier alpha value is -1.76. The van der Waals surface area contributed by atoms with Gasteiger partial charge in [0, 0.05) is 4.88 Å². The fourth-order valence-electron chi connectivity index (χ4n) is 3.37. The highest BCUT2D eigenvalue weighted by Crippen LogP contribution is 2.41. The number of esters is 1. The van der Waals surface area contributed by atoms with Gasteiger partial charge in [-0.05, 0) is 43.1 Å². The first-order valence-corrected chi connectivity index (χ1v) is 9.03. The van der Waals surface area contributed by atoms with E-state index in [1.165, 1.54) is 12.0 Å². The van der Waals surface area contributed by atoms with Crippen LogP contribution in [-0.2, 0) is 22.4 Å². The van der Waals surface area contributed by atoms with Crippen LogP contribution < -0.4 is 5.56 Å². The Kier molecular flexibility index (Phi) is 4.23. The lowest BCUT2D eigenvalue weighted by molar-refractivity contribution is -0.144. The predicted octanol–water partition coefficient (Wildman–Crippen LogP) is 2.74. The third-order valence-electron chi connectivity index (χ3n) is 5.03. The third kappa shape index (κ3) is 2.75. The van der Waals surface area contributed by atoms with Crippen molar-refractivity contribution in [3.8, 4) is 0 Å². The average Bonchev–Trinajstić information content (AvgIpc) is 2.91. The van der Waals surface area contributed by atoms with Crippen LogP contribution in [0.15, 0.2) is 4.79 Å². The van der Waals surface area contributed by atoms with Gasteiger partial charge in [-0.3, -0.25) is 4.79 Å². The number of nitrogens with zero attached hydrogens (tertiary/aromatic N) is 3. The largest absolute Gasteiger partial charge is 0.467 e. The Labute approximate surface area is 144 Å². The van der Waals surface area contributed by atoms with Crippen LogP contribution in [0.2, 0.25) is 0 Å². The van der Waals surface area contributed by atoms with Crippen LogP contribution in [0.5, 0.6) is 0 Å². The Balaban J connectivity index is 2.08. The third-order valence-corrected chi connectivity index (χ3v) is 6.17. The average molecular weight is 349 g/mol. The molecule has 0 unspecified atom stereocenters. The summed E-state index contributed by atoms with van der Waals surface area (Å²) in [5.74, 6) is 0.102. The first-order chi connectivity index (χ1) is 11.2. The minimum absolute atomic E-state index is 0.246. The molecule has 2 heterocycles. The molecule has 0 bridgehead atoms. The number of fused-ring (bicyclic) bond motifs is 3. The van der Waals surface area contributed by atoms with Gasteiger partial charge in [-0.1, -0.05) is 26.0 Å². The highest BCUT2D eigenvalue weighted by atomic mass is 32.1. The number of methoxy groups -OCH3 is 1. The minimum atomic E-state index is -0.777. The normalized spacial score (nSPS) is 19.1. The summed E-state index contributed by atoms with van der Waals surface area (Å²) in [6.07, 6.45) is 2.92. The zero-order valence-corrected chi connectivity index (χ0v) is 15.6. The van der Waals surface area contributed by atoms with Crippen LogP contribution in [0.1, 0.15) is 50.6 Å². The number of carbonyl (C=O) groups excluding carboxylic acids is 1. The monoisotopic (exact) mass is 349 g/mol. The van der Waals surface area contributed by atoms with Crippen LogP contribution in [0.25, 0.3) is 10.2 Å². The van der Waals surface area contributed by atoms with E-state index in [1.54, 1.807) is 18.3 Å². The summed E-state index contributed by atoms with van der Waals surface area (Å²) in [5, 5.41) is 8.78. The van der Waals surface area contributed by atoms with Crippen LogP contribution in [-0.4, -0.2) is 28.1 Å². The lowest BCUT2D eigenvalue weighted by Crippen LogP contribution is -2.32. The zero-order chi connectivity index (χ0) is 17.6. The summed E-state index contributed by atoms with van der Waals surface area (Å²) in [4.78, 5) is 26.5. The second kappa shape index (κ2) is 5.95. The van der Waals surface area contributed by atoms with E-state index in [1.807, 2.05) is 0 Å². The number of ether oxygens (including phenoxy) is 1. The number of aryl methyl sites for hydroxylation is 1. The SMILES string of the molecule is COC(=O)[C@H](C)n1nnc2sc3c(c2c1=O)CC[C@H](C(C)(C)C)C3. The maximum Gasteiger partial charge on any atom is 0.330 e. The fraction of sp³-hybridized carbons (Fsp3) is 0.647. The van der Waals surface area contributed by atoms with Crippen LogP contribution in [0.3, 0.4) is 0 Å². The summed E-state index contributed by atoms with van der Waals surface area (Å²) >= 11 is 1.57. The lowest BCUT2D eigenvalue weighted by Gasteiger charge is -2.33. The molecule has 3 rings (SSSR count). The van der Waals surface area contributed by atoms with Gasteiger partial charge in [-0.25, -0.2) is 4.79 Å². The lowest BCUT2D eigenvalue weighted by atomic mass is 9.72. The summed E-state index contributed by atoms with van der Waals surface area (Å²) in [6.45, 7) is 8.39. The summed E-state index contributed by atoms with van der Waals surface area (Å²) in [7, 11) is 1.30. The van der Waals surface area contributed by atoms with Crippen LogP contribution >= 0.6 is 11.3 Å². The summed E-state index contributed by atoms with van der Waals surface area (Å²) in [6, 6.07) is -0.777. The van der Waals surface area contributed by atoms with E-state index in [0.717, 1.165) is 29.5 Å². The molecule has 0 saturated carbocycles. The number of carbonyl (C=O) groups is 1. The van der Waals surface area contributed by atoms with Crippen molar-refractivity contribution in [1.29, 1.82) is 0 Å². The molecule has 0 aliphatic heterocycles. The number of aromatic nitrogens is 3. The second-order valence-corrected chi connectivity index (χ2v) is 8.61. The van der Waals surface area contributed by atoms with Gasteiger partial charge in [0.25, 0.3) is 5.56 Å². The molecule has 2 aromatic heterocycles. The maximum absolute atomic E-state index is 12.9. The van der Waals surface area contributed by atoms with Crippen molar-refractivity contribution in [2.45, 2.75) is 53.0 Å². The number of hydrogen-bond acceptors (Lipinski definition) is 6. The molecule has 0 amide bonds. The van der Waals surface area contributed by atoms with Crippen molar-refractivity contribution in [3.63, 3.8) is 0 Å². The molecule has 0 spiro atoms. The van der Waals surface area contributed by atoms with Crippen molar-refractivity contribution in [1.82, 2.24) is 15.0 Å². The molecule has 1 aliphatic rings. The van der Waals surface area contributed by atoms with Crippen molar-refractivity contribution >= 4 is 27.5 Å². The molecule has 0 radical (unpaired) electrons. The first kappa shape index (κ1) is 17.1. The minimum Gasteiger partial charge on any atom is -0.467 e. The Bertz CT molecular complexity index is 847. The topological polar surface area (TPSA) is 74.1 Å². The molecule has 0 N–H and O–H groups in total. The molecule has 7 heteroatoms. The molecule has 2 aromatic rings. The van der Waals surface area contributed by atoms with Gasteiger partial charge in [0.15, 0.2) is 10.9 Å². The van der Waals surface area contributed by atoms with E-state index in [0.29, 0.717) is 16.1 Å². The quantitative estimate of drug-likeness (QED) is 0.780. The Morgan fingerprint density at radius 3 is 2.75 bits per heavy atom. The van der Waals surface area contributed by atoms with Crippen molar-refractivity contribution in [2.24, 2.45) is 11.3 Å². The molecule has 6 nitrogen and oxygen atoms in total. The Morgan fingerprint density at radius 2 is 2.12 bits per heavy atom. The molecule has 0 aromatic carbocycles. The number of hydrogen-bond donors (Lipinski definition) is 0. The summed E-state index contributed by atoms with van der Waals surface area (Å²) < 4.78 is 5.85. The number of thiophene rings is 1. The van der Waals surface area contributed by atoms with Gasteiger partial charge in [0.2, 0.25) is 0 Å². The van der Waals surface area contributed by atoms with Gasteiger partial charge in [-0.2, -0.15) is 4.68 Å². The molecule has 0 saturated heterocycles. The van der Waals surface area contributed by atoms with Gasteiger partial charge in [-0.15, -0.1) is 16.4 Å². The van der Waals surface area contributed by atoms with E-state index >= 15 is 0 Å². The first-order valence-electron chi connectivity index (χ1n) is 8.21. The highest BCUT2D eigenvalue weighted by Gasteiger charge is 2.32. The summed E-state index contributed by atoms with van der Waals surface area (Å²) in [5.41, 5.74) is 1.10. The molecular formula is C17H23N3O3S. The molecule has 0 fully saturated rings. The van der Waals surface area contributed by atoms with Crippen molar-refractivity contribution in [3.05, 3.63) is 20.8 Å². The molecule has 1 aliphatic carbocycles. The van der Waals surface area contributed by atoms with Crippen LogP contribution in [0.4, 0.5) is 0 Å². The molecule has 2 atom stereocenters. The van der Waals surface area contributed by atoms with Gasteiger partial charge >= 0.3 is 5.97 Å². The predicted molar refractivity (Wildman–Crippen MR) is 93.4 cm³/mol. The molecule has 24 heavy (non-hydrogen) atoms. The van der Waals surface area contributed by atoms with Gasteiger partial charge < -0.3 is 4.74 Å². The van der Waals surface area contributed by atoms with Crippen molar-refractivity contribution < 1.29 is 9.53 Å². The molecule has 130 valence electrons. The van der Waals surface area contributed by atoms with E-state index < -0.39 is 12.0 Å². The van der Waals surface area contributed by atoms with E-state index in [-0.39, 0.29) is 11.0 Å². The zero-order valence-electron chi connectivity index (χ0n) is 14.8. The fourth-order valence-corrected chi connectivity index (χ4v) is 4.60. The number of rotatable bonds is 2. The Morgan fingerprint density at radius 1 is 1.42 bits per heavy atom. The van der Waals surface area contributed by atoms with Gasteiger partial charge in [0.1, 0.15) is 0 Å². The second-order valence-electron chi connectivity index (χ2n) is 7.53. The van der Waals surface area contributed by atoms with Crippen LogP contribution in [0, 0.1) is 11.3 Å². The van der Waals surface area contributed by atoms with Gasteiger partial charge in [0.05, 0.1) is 12.5 Å². The highest BCUT2D eigenvalue weighted by molar-refractivity contribution is 7.18. The van der Waals surface area contributed by atoms with Crippen molar-refractivity contribution in [2.75, 3.05) is 7.11 Å². The van der Waals surface area contributed by atoms with E-state index in [4.69, 9.17) is 4.74 Å². The smallest absolute Gasteiger partial charge is 0.330 e. The van der Waals surface area contributed by atoms with E-state index in [9.17, 15) is 9.59 Å². The standard InChI is InChI=1S/C17H23N3O3S/c1-9(16(22)23-5)20-15(21)13-11-7-6-10(17(2,3)4)8-12(11)24-14(13)18-19-20/h9-10H,6-8H2,1-5H3/t9-,10-/m0/s1. The van der Waals surface area contributed by atoms with E-state index in [2.05, 4.69) is 31.1 Å². The maximum atomic E-state index is 12.9. The molecular weight excluding hydrogens is 326 g/mol.